The van der Waals surface area contributed by atoms with Crippen LogP contribution in [0.15, 0.2) is 12.1 Å². The molecule has 0 aliphatic carbocycles. The summed E-state index contributed by atoms with van der Waals surface area (Å²) >= 11 is 7.33. The standard InChI is InChI=1S/C11H15ClN2OS/c1-8-7-13-4-5-14(8)11(15)6-9-2-3-10(12)16-9/h2-3,8,13H,4-7H2,1H3. The molecular formula is C11H15ClN2OS. The van der Waals surface area contributed by atoms with Crippen LogP contribution >= 0.6 is 22.9 Å². The van der Waals surface area contributed by atoms with Crippen LogP contribution in [0.2, 0.25) is 4.34 Å². The van der Waals surface area contributed by atoms with Gasteiger partial charge in [-0.2, -0.15) is 0 Å². The Morgan fingerprint density at radius 2 is 2.50 bits per heavy atom. The van der Waals surface area contributed by atoms with Crippen molar-refractivity contribution in [1.82, 2.24) is 10.2 Å². The van der Waals surface area contributed by atoms with Gasteiger partial charge in [0.1, 0.15) is 0 Å². The van der Waals surface area contributed by atoms with Crippen LogP contribution in [0.4, 0.5) is 0 Å². The third-order valence-corrected chi connectivity index (χ3v) is 4.01. The highest BCUT2D eigenvalue weighted by Gasteiger charge is 2.23. The number of rotatable bonds is 2. The van der Waals surface area contributed by atoms with Crippen molar-refractivity contribution in [2.24, 2.45) is 0 Å². The summed E-state index contributed by atoms with van der Waals surface area (Å²) in [6.45, 7) is 4.66. The Bertz CT molecular complexity index is 380. The van der Waals surface area contributed by atoms with Gasteiger partial charge in [0.2, 0.25) is 5.91 Å². The van der Waals surface area contributed by atoms with Gasteiger partial charge in [-0.3, -0.25) is 4.79 Å². The number of halogens is 1. The van der Waals surface area contributed by atoms with Crippen LogP contribution in [0.5, 0.6) is 0 Å². The first-order chi connectivity index (χ1) is 7.66. The van der Waals surface area contributed by atoms with Gasteiger partial charge in [-0.25, -0.2) is 0 Å². The maximum absolute atomic E-state index is 12.0. The second kappa shape index (κ2) is 5.17. The molecule has 2 heterocycles. The lowest BCUT2D eigenvalue weighted by atomic mass is 10.2. The highest BCUT2D eigenvalue weighted by atomic mass is 35.5. The molecule has 1 N–H and O–H groups in total. The second-order valence-corrected chi connectivity index (χ2v) is 5.82. The highest BCUT2D eigenvalue weighted by molar-refractivity contribution is 7.16. The van der Waals surface area contributed by atoms with Crippen LogP contribution < -0.4 is 5.32 Å². The van der Waals surface area contributed by atoms with E-state index in [1.54, 1.807) is 0 Å². The van der Waals surface area contributed by atoms with Crippen LogP contribution in [-0.2, 0) is 11.2 Å². The predicted octanol–water partition coefficient (Wildman–Crippen LogP) is 1.76. The van der Waals surface area contributed by atoms with E-state index in [0.29, 0.717) is 6.42 Å². The first-order valence-corrected chi connectivity index (χ1v) is 6.60. The minimum absolute atomic E-state index is 0.201. The number of nitrogens with zero attached hydrogens (tertiary/aromatic N) is 1. The lowest BCUT2D eigenvalue weighted by Gasteiger charge is -2.34. The first kappa shape index (κ1) is 11.9. The fourth-order valence-corrected chi connectivity index (χ4v) is 2.99. The SMILES string of the molecule is CC1CNCCN1C(=O)Cc1ccc(Cl)s1. The number of hydrogen-bond acceptors (Lipinski definition) is 3. The minimum atomic E-state index is 0.201. The summed E-state index contributed by atoms with van der Waals surface area (Å²) in [4.78, 5) is 15.0. The van der Waals surface area contributed by atoms with Crippen molar-refractivity contribution < 1.29 is 4.79 Å². The molecule has 16 heavy (non-hydrogen) atoms. The van der Waals surface area contributed by atoms with Crippen molar-refractivity contribution in [2.45, 2.75) is 19.4 Å². The minimum Gasteiger partial charge on any atom is -0.337 e. The highest BCUT2D eigenvalue weighted by Crippen LogP contribution is 2.22. The van der Waals surface area contributed by atoms with Gasteiger partial charge in [0.15, 0.2) is 0 Å². The molecule has 0 spiro atoms. The molecule has 0 bridgehead atoms. The normalized spacial score (nSPS) is 21.1. The van der Waals surface area contributed by atoms with Crippen LogP contribution in [-0.4, -0.2) is 36.5 Å². The molecule has 1 aliphatic rings. The van der Waals surface area contributed by atoms with E-state index < -0.39 is 0 Å². The molecule has 1 fully saturated rings. The van der Waals surface area contributed by atoms with Gasteiger partial charge >= 0.3 is 0 Å². The van der Waals surface area contributed by atoms with E-state index in [4.69, 9.17) is 11.6 Å². The van der Waals surface area contributed by atoms with Crippen molar-refractivity contribution in [1.29, 1.82) is 0 Å². The molecule has 1 saturated heterocycles. The van der Waals surface area contributed by atoms with E-state index in [0.717, 1.165) is 28.8 Å². The van der Waals surface area contributed by atoms with Crippen molar-refractivity contribution in [3.8, 4) is 0 Å². The zero-order valence-electron chi connectivity index (χ0n) is 9.20. The fourth-order valence-electron chi connectivity index (χ4n) is 1.91. The Morgan fingerprint density at radius 3 is 3.12 bits per heavy atom. The Kier molecular flexibility index (Phi) is 3.84. The average molecular weight is 259 g/mol. The van der Waals surface area contributed by atoms with Crippen LogP contribution in [0.3, 0.4) is 0 Å². The van der Waals surface area contributed by atoms with Crippen molar-refractivity contribution in [3.63, 3.8) is 0 Å². The molecule has 1 aromatic heterocycles. The summed E-state index contributed by atoms with van der Waals surface area (Å²) in [5.74, 6) is 0.201. The molecule has 88 valence electrons. The zero-order valence-corrected chi connectivity index (χ0v) is 10.8. The number of hydrogen-bond donors (Lipinski definition) is 1. The molecule has 1 amide bonds. The molecule has 1 atom stereocenters. The molecule has 0 radical (unpaired) electrons. The molecule has 1 unspecified atom stereocenters. The smallest absolute Gasteiger partial charge is 0.228 e. The van der Waals surface area contributed by atoms with Crippen LogP contribution in [0.1, 0.15) is 11.8 Å². The predicted molar refractivity (Wildman–Crippen MR) is 67.1 cm³/mol. The topological polar surface area (TPSA) is 32.3 Å². The molecule has 0 aromatic carbocycles. The van der Waals surface area contributed by atoms with Crippen molar-refractivity contribution >= 4 is 28.8 Å². The van der Waals surface area contributed by atoms with Crippen LogP contribution in [0.25, 0.3) is 0 Å². The summed E-state index contributed by atoms with van der Waals surface area (Å²) in [7, 11) is 0. The van der Waals surface area contributed by atoms with E-state index in [-0.39, 0.29) is 11.9 Å². The van der Waals surface area contributed by atoms with E-state index in [2.05, 4.69) is 12.2 Å². The van der Waals surface area contributed by atoms with Gasteiger partial charge in [0.25, 0.3) is 0 Å². The molecule has 0 saturated carbocycles. The second-order valence-electron chi connectivity index (χ2n) is 4.02. The lowest BCUT2D eigenvalue weighted by Crippen LogP contribution is -2.52. The van der Waals surface area contributed by atoms with E-state index in [1.807, 2.05) is 17.0 Å². The largest absolute Gasteiger partial charge is 0.337 e. The van der Waals surface area contributed by atoms with Gasteiger partial charge in [0, 0.05) is 30.6 Å². The lowest BCUT2D eigenvalue weighted by molar-refractivity contribution is -0.133. The molecule has 5 heteroatoms. The fraction of sp³-hybridized carbons (Fsp3) is 0.545. The number of carbonyl (C=O) groups is 1. The summed E-state index contributed by atoms with van der Waals surface area (Å²) < 4.78 is 0.746. The maximum Gasteiger partial charge on any atom is 0.228 e. The number of carbonyl (C=O) groups excluding carboxylic acids is 1. The van der Waals surface area contributed by atoms with Gasteiger partial charge in [-0.05, 0) is 19.1 Å². The van der Waals surface area contributed by atoms with Gasteiger partial charge in [-0.1, -0.05) is 11.6 Å². The molecular weight excluding hydrogens is 244 g/mol. The third-order valence-electron chi connectivity index (χ3n) is 2.78. The number of nitrogens with one attached hydrogen (secondary N) is 1. The van der Waals surface area contributed by atoms with Crippen molar-refractivity contribution in [2.75, 3.05) is 19.6 Å². The molecule has 1 aliphatic heterocycles. The van der Waals surface area contributed by atoms with E-state index in [1.165, 1.54) is 11.3 Å². The molecule has 2 rings (SSSR count). The number of thiophene rings is 1. The van der Waals surface area contributed by atoms with Gasteiger partial charge in [0.05, 0.1) is 10.8 Å². The quantitative estimate of drug-likeness (QED) is 0.877. The van der Waals surface area contributed by atoms with E-state index in [9.17, 15) is 4.79 Å². The summed E-state index contributed by atoms with van der Waals surface area (Å²) in [6, 6.07) is 4.06. The van der Waals surface area contributed by atoms with Gasteiger partial charge < -0.3 is 10.2 Å². The third kappa shape index (κ3) is 2.75. The summed E-state index contributed by atoms with van der Waals surface area (Å²) in [6.07, 6.45) is 0.474. The van der Waals surface area contributed by atoms with E-state index >= 15 is 0 Å². The Labute approximate surface area is 104 Å². The monoisotopic (exact) mass is 258 g/mol. The summed E-state index contributed by atoms with van der Waals surface area (Å²) in [5, 5.41) is 3.27. The Balaban J connectivity index is 1.96. The Hall–Kier alpha value is -0.580. The number of piperazine rings is 1. The zero-order chi connectivity index (χ0) is 11.5. The Morgan fingerprint density at radius 1 is 1.69 bits per heavy atom. The van der Waals surface area contributed by atoms with Crippen molar-refractivity contribution in [3.05, 3.63) is 21.3 Å². The molecule has 3 nitrogen and oxygen atoms in total. The first-order valence-electron chi connectivity index (χ1n) is 5.41. The van der Waals surface area contributed by atoms with Crippen LogP contribution in [0, 0.1) is 0 Å². The summed E-state index contributed by atoms with van der Waals surface area (Å²) in [5.41, 5.74) is 0. The van der Waals surface area contributed by atoms with Gasteiger partial charge in [-0.15, -0.1) is 11.3 Å². The number of amides is 1. The average Bonchev–Trinajstić information content (AvgIpc) is 2.64. The molecule has 1 aromatic rings. The maximum atomic E-state index is 12.0.